The lowest BCUT2D eigenvalue weighted by Crippen LogP contribution is -2.40. The fraction of sp³-hybridized carbons (Fsp3) is 0.647. The van der Waals surface area contributed by atoms with E-state index < -0.39 is 18.1 Å². The molecule has 1 aromatic heterocycles. The van der Waals surface area contributed by atoms with E-state index in [0.29, 0.717) is 0 Å². The van der Waals surface area contributed by atoms with Crippen LogP contribution in [0.5, 0.6) is 0 Å². The smallest absolute Gasteiger partial charge is 0.341 e. The van der Waals surface area contributed by atoms with Crippen molar-refractivity contribution in [2.45, 2.75) is 44.8 Å². The van der Waals surface area contributed by atoms with Gasteiger partial charge in [-0.25, -0.2) is 0 Å². The Labute approximate surface area is 140 Å². The lowest BCUT2D eigenvalue weighted by molar-refractivity contribution is -0.163. The molecule has 134 valence electrons. The number of carbonyl (C=O) groups is 1. The van der Waals surface area contributed by atoms with Crippen molar-refractivity contribution in [3.05, 3.63) is 30.1 Å². The number of rotatable bonds is 6. The van der Waals surface area contributed by atoms with Gasteiger partial charge in [0.15, 0.2) is 6.04 Å². The first-order valence-electron chi connectivity index (χ1n) is 8.38. The molecule has 1 aromatic rings. The van der Waals surface area contributed by atoms with Gasteiger partial charge in [-0.3, -0.25) is 9.78 Å². The maximum absolute atomic E-state index is 13.2. The number of pyridine rings is 1. The zero-order valence-electron chi connectivity index (χ0n) is 13.9. The van der Waals surface area contributed by atoms with Crippen LogP contribution in [0.2, 0.25) is 0 Å². The first-order chi connectivity index (χ1) is 11.4. The van der Waals surface area contributed by atoms with Crippen LogP contribution in [-0.2, 0) is 4.79 Å². The Morgan fingerprint density at radius 2 is 2.12 bits per heavy atom. The summed E-state index contributed by atoms with van der Waals surface area (Å²) in [6.07, 6.45) is 0.956. The van der Waals surface area contributed by atoms with Crippen LogP contribution in [0.25, 0.3) is 0 Å². The predicted octanol–water partition coefficient (Wildman–Crippen LogP) is 3.31. The number of hydrogen-bond acceptors (Lipinski definition) is 3. The monoisotopic (exact) mass is 343 g/mol. The molecule has 1 fully saturated rings. The number of amides is 1. The van der Waals surface area contributed by atoms with Crippen molar-refractivity contribution in [2.75, 3.05) is 19.6 Å². The Bertz CT molecular complexity index is 514. The van der Waals surface area contributed by atoms with E-state index in [4.69, 9.17) is 0 Å². The summed E-state index contributed by atoms with van der Waals surface area (Å²) in [6, 6.07) is 0.761. The van der Waals surface area contributed by atoms with Crippen molar-refractivity contribution in [2.24, 2.45) is 5.92 Å². The number of halogens is 3. The highest BCUT2D eigenvalue weighted by Crippen LogP contribution is 2.32. The van der Waals surface area contributed by atoms with E-state index in [1.54, 1.807) is 0 Å². The second-order valence-corrected chi connectivity index (χ2v) is 6.32. The van der Waals surface area contributed by atoms with Crippen LogP contribution >= 0.6 is 0 Å². The average Bonchev–Trinajstić information content (AvgIpc) is 2.54. The summed E-state index contributed by atoms with van der Waals surface area (Å²) in [5.41, 5.74) is -0.0453. The molecule has 7 heteroatoms. The summed E-state index contributed by atoms with van der Waals surface area (Å²) in [4.78, 5) is 18.2. The Kier molecular flexibility index (Phi) is 6.60. The van der Waals surface area contributed by atoms with Gasteiger partial charge in [0, 0.05) is 24.4 Å². The van der Waals surface area contributed by atoms with E-state index in [9.17, 15) is 18.0 Å². The Balaban J connectivity index is 1.90. The molecule has 0 bridgehead atoms. The molecule has 2 rings (SSSR count). The summed E-state index contributed by atoms with van der Waals surface area (Å²) >= 11 is 0. The van der Waals surface area contributed by atoms with Gasteiger partial charge in [0.05, 0.1) is 0 Å². The molecule has 0 saturated carbocycles. The van der Waals surface area contributed by atoms with Crippen LogP contribution in [-0.4, -0.2) is 41.6 Å². The maximum atomic E-state index is 13.2. The lowest BCUT2D eigenvalue weighted by Gasteiger charge is -2.31. The second-order valence-electron chi connectivity index (χ2n) is 6.32. The van der Waals surface area contributed by atoms with E-state index in [1.165, 1.54) is 18.3 Å². The van der Waals surface area contributed by atoms with Crippen LogP contribution in [0, 0.1) is 5.92 Å². The van der Waals surface area contributed by atoms with E-state index in [2.05, 4.69) is 22.1 Å². The molecule has 0 radical (unpaired) electrons. The lowest BCUT2D eigenvalue weighted by atomic mass is 9.93. The number of piperidine rings is 1. The fourth-order valence-corrected chi connectivity index (χ4v) is 3.11. The Morgan fingerprint density at radius 3 is 2.67 bits per heavy atom. The standard InChI is InChI=1S/C17H24F3N3O/c1-2-8-23-9-5-13(6-10-23)11-15(24)22-16(17(18,19)20)14-4-3-7-21-12-14/h3-4,7,12-13,16H,2,5-6,8-11H2,1H3,(H,22,24)/t16-/m0/s1. The molecule has 2 heterocycles. The number of hydrogen-bond donors (Lipinski definition) is 1. The van der Waals surface area contributed by atoms with Crippen molar-refractivity contribution >= 4 is 5.91 Å². The number of carbonyl (C=O) groups excluding carboxylic acids is 1. The molecule has 1 amide bonds. The van der Waals surface area contributed by atoms with Crippen molar-refractivity contribution in [1.29, 1.82) is 0 Å². The van der Waals surface area contributed by atoms with Gasteiger partial charge in [0.2, 0.25) is 5.91 Å². The molecule has 1 aliphatic heterocycles. The van der Waals surface area contributed by atoms with E-state index in [1.807, 2.05) is 0 Å². The van der Waals surface area contributed by atoms with Gasteiger partial charge in [0.25, 0.3) is 0 Å². The third-order valence-corrected chi connectivity index (χ3v) is 4.37. The Morgan fingerprint density at radius 1 is 1.42 bits per heavy atom. The second kappa shape index (κ2) is 8.46. The zero-order chi connectivity index (χ0) is 17.6. The fourth-order valence-electron chi connectivity index (χ4n) is 3.11. The van der Waals surface area contributed by atoms with Crippen LogP contribution in [0.3, 0.4) is 0 Å². The van der Waals surface area contributed by atoms with Gasteiger partial charge in [-0.05, 0) is 50.9 Å². The minimum atomic E-state index is -4.54. The zero-order valence-corrected chi connectivity index (χ0v) is 13.9. The Hall–Kier alpha value is -1.63. The van der Waals surface area contributed by atoms with Gasteiger partial charge in [-0.15, -0.1) is 0 Å². The third-order valence-electron chi connectivity index (χ3n) is 4.37. The highest BCUT2D eigenvalue weighted by Gasteiger charge is 2.42. The normalized spacial score (nSPS) is 18.3. The number of likely N-dealkylation sites (tertiary alicyclic amines) is 1. The molecule has 1 saturated heterocycles. The molecule has 24 heavy (non-hydrogen) atoms. The summed E-state index contributed by atoms with van der Waals surface area (Å²) in [7, 11) is 0. The summed E-state index contributed by atoms with van der Waals surface area (Å²) in [5, 5.41) is 2.14. The molecular formula is C17H24F3N3O. The van der Waals surface area contributed by atoms with Crippen molar-refractivity contribution in [3.63, 3.8) is 0 Å². The van der Waals surface area contributed by atoms with Crippen molar-refractivity contribution in [1.82, 2.24) is 15.2 Å². The van der Waals surface area contributed by atoms with Crippen LogP contribution in [0.15, 0.2) is 24.5 Å². The molecule has 0 spiro atoms. The molecular weight excluding hydrogens is 319 g/mol. The van der Waals surface area contributed by atoms with Crippen molar-refractivity contribution < 1.29 is 18.0 Å². The molecule has 1 aliphatic rings. The number of alkyl halides is 3. The predicted molar refractivity (Wildman–Crippen MR) is 85.2 cm³/mol. The number of nitrogens with one attached hydrogen (secondary N) is 1. The van der Waals surface area contributed by atoms with Gasteiger partial charge < -0.3 is 10.2 Å². The summed E-state index contributed by atoms with van der Waals surface area (Å²) < 4.78 is 39.7. The van der Waals surface area contributed by atoms with Crippen LogP contribution in [0.1, 0.15) is 44.2 Å². The van der Waals surface area contributed by atoms with E-state index >= 15 is 0 Å². The quantitative estimate of drug-likeness (QED) is 0.862. The molecule has 1 N–H and O–H groups in total. The maximum Gasteiger partial charge on any atom is 0.412 e. The molecule has 0 aliphatic carbocycles. The third kappa shape index (κ3) is 5.47. The summed E-state index contributed by atoms with van der Waals surface area (Å²) in [6.45, 7) is 4.99. The number of nitrogens with zero attached hydrogens (tertiary/aromatic N) is 2. The first-order valence-corrected chi connectivity index (χ1v) is 8.38. The first kappa shape index (κ1) is 18.7. The topological polar surface area (TPSA) is 45.2 Å². The highest BCUT2D eigenvalue weighted by molar-refractivity contribution is 5.76. The van der Waals surface area contributed by atoms with Crippen LogP contribution < -0.4 is 5.32 Å². The van der Waals surface area contributed by atoms with Crippen LogP contribution in [0.4, 0.5) is 13.2 Å². The van der Waals surface area contributed by atoms with Gasteiger partial charge in [-0.1, -0.05) is 13.0 Å². The highest BCUT2D eigenvalue weighted by atomic mass is 19.4. The van der Waals surface area contributed by atoms with Gasteiger partial charge in [-0.2, -0.15) is 13.2 Å². The molecule has 4 nitrogen and oxygen atoms in total. The summed E-state index contributed by atoms with van der Waals surface area (Å²) in [5.74, 6) is -0.393. The molecule has 0 unspecified atom stereocenters. The van der Waals surface area contributed by atoms with Gasteiger partial charge in [0.1, 0.15) is 0 Å². The SMILES string of the molecule is CCCN1CCC(CC(=O)N[C@@H](c2cccnc2)C(F)(F)F)CC1. The van der Waals surface area contributed by atoms with Crippen molar-refractivity contribution in [3.8, 4) is 0 Å². The number of aromatic nitrogens is 1. The minimum Gasteiger partial charge on any atom is -0.341 e. The largest absolute Gasteiger partial charge is 0.412 e. The average molecular weight is 343 g/mol. The minimum absolute atomic E-state index is 0.0453. The van der Waals surface area contributed by atoms with E-state index in [0.717, 1.165) is 45.1 Å². The van der Waals surface area contributed by atoms with E-state index in [-0.39, 0.29) is 17.9 Å². The molecule has 0 aromatic carbocycles. The van der Waals surface area contributed by atoms with Gasteiger partial charge >= 0.3 is 6.18 Å². The molecule has 1 atom stereocenters.